The molecule has 1 aromatic rings. The fraction of sp³-hybridized carbons (Fsp3) is 0.667. The highest BCUT2D eigenvalue weighted by Crippen LogP contribution is 2.32. The van der Waals surface area contributed by atoms with Crippen LogP contribution in [0, 0.1) is 0 Å². The molecule has 2 unspecified atom stereocenters. The molecule has 0 aliphatic heterocycles. The highest BCUT2D eigenvalue weighted by molar-refractivity contribution is 9.09. The van der Waals surface area contributed by atoms with Gasteiger partial charge < -0.3 is 0 Å². The van der Waals surface area contributed by atoms with E-state index in [0.29, 0.717) is 10.7 Å². The molecule has 126 valence electrons. The molecule has 0 bridgehead atoms. The maximum Gasteiger partial charge on any atom is 0.0710 e. The number of hydrogen-bond acceptors (Lipinski definition) is 0. The number of benzene rings is 1. The predicted octanol–water partition coefficient (Wildman–Crippen LogP) is 7.98. The Morgan fingerprint density at radius 3 is 1.95 bits per heavy atom. The lowest BCUT2D eigenvalue weighted by atomic mass is 10.0. The van der Waals surface area contributed by atoms with E-state index in [2.05, 4.69) is 56.1 Å². The fourth-order valence-corrected chi connectivity index (χ4v) is 3.94. The van der Waals surface area contributed by atoms with Crippen LogP contribution >= 0.6 is 55.1 Å². The molecule has 0 aliphatic rings. The molecule has 1 aromatic carbocycles. The lowest BCUT2D eigenvalue weighted by molar-refractivity contribution is 0.569. The van der Waals surface area contributed by atoms with Gasteiger partial charge in [-0.1, -0.05) is 94.7 Å². The molecule has 0 heterocycles. The van der Waals surface area contributed by atoms with Gasteiger partial charge in [-0.2, -0.15) is 0 Å². The Morgan fingerprint density at radius 2 is 1.41 bits per heavy atom. The molecule has 0 nitrogen and oxygen atoms in total. The van der Waals surface area contributed by atoms with Crippen LogP contribution in [0.4, 0.5) is 0 Å². The van der Waals surface area contributed by atoms with Gasteiger partial charge in [0.2, 0.25) is 0 Å². The van der Waals surface area contributed by atoms with E-state index in [1.165, 1.54) is 50.5 Å². The fourth-order valence-electron chi connectivity index (χ4n) is 2.46. The van der Waals surface area contributed by atoms with Crippen molar-refractivity contribution in [3.05, 3.63) is 35.4 Å². The van der Waals surface area contributed by atoms with Gasteiger partial charge in [0.15, 0.2) is 0 Å². The highest BCUT2D eigenvalue weighted by atomic mass is 79.9. The van der Waals surface area contributed by atoms with Crippen LogP contribution in [0.25, 0.3) is 0 Å². The van der Waals surface area contributed by atoms with Gasteiger partial charge in [-0.15, -0.1) is 23.2 Å². The minimum absolute atomic E-state index is 0.0308. The van der Waals surface area contributed by atoms with Crippen molar-refractivity contribution in [2.24, 2.45) is 0 Å². The van der Waals surface area contributed by atoms with Crippen LogP contribution in [0.2, 0.25) is 0 Å². The average molecular weight is 473 g/mol. The lowest BCUT2D eigenvalue weighted by Crippen LogP contribution is -2.07. The van der Waals surface area contributed by atoms with Gasteiger partial charge in [-0.05, 0) is 24.0 Å². The minimum atomic E-state index is 0.0308. The first-order valence-corrected chi connectivity index (χ1v) is 11.2. The number of unbranched alkanes of at least 4 members (excludes halogenated alkanes) is 6. The van der Waals surface area contributed by atoms with Crippen molar-refractivity contribution in [3.63, 3.8) is 0 Å². The van der Waals surface area contributed by atoms with Crippen molar-refractivity contribution < 1.29 is 0 Å². The van der Waals surface area contributed by atoms with E-state index >= 15 is 0 Å². The molecule has 0 spiro atoms. The van der Waals surface area contributed by atoms with Gasteiger partial charge in [-0.3, -0.25) is 0 Å². The molecular weight excluding hydrogens is 447 g/mol. The van der Waals surface area contributed by atoms with Crippen LogP contribution in [0.1, 0.15) is 67.9 Å². The third-order valence-electron chi connectivity index (χ3n) is 3.88. The lowest BCUT2D eigenvalue weighted by Gasteiger charge is -2.17. The summed E-state index contributed by atoms with van der Waals surface area (Å²) in [4.78, 5) is 0.337. The van der Waals surface area contributed by atoms with Crippen molar-refractivity contribution in [2.45, 2.75) is 67.5 Å². The smallest absolute Gasteiger partial charge is 0.0710 e. The van der Waals surface area contributed by atoms with Gasteiger partial charge in [-0.25, -0.2) is 0 Å². The molecule has 0 saturated carbocycles. The van der Waals surface area contributed by atoms with Gasteiger partial charge in [0.05, 0.1) is 5.38 Å². The van der Waals surface area contributed by atoms with Crippen molar-refractivity contribution >= 4 is 55.1 Å². The molecule has 2 atom stereocenters. The molecular formula is C18H26Br2Cl2. The Bertz CT molecular complexity index is 381. The quantitative estimate of drug-likeness (QED) is 0.213. The van der Waals surface area contributed by atoms with Crippen LogP contribution in [0.15, 0.2) is 24.3 Å². The molecule has 22 heavy (non-hydrogen) atoms. The summed E-state index contributed by atoms with van der Waals surface area (Å²) in [6.07, 6.45) is 10.4. The summed E-state index contributed by atoms with van der Waals surface area (Å²) < 4.78 is 0. The third-order valence-corrected chi connectivity index (χ3v) is 6.60. The second-order valence-electron chi connectivity index (χ2n) is 5.75. The normalized spacial score (nSPS) is 14.0. The second-order valence-corrected chi connectivity index (χ2v) is 8.45. The highest BCUT2D eigenvalue weighted by Gasteiger charge is 2.17. The Morgan fingerprint density at radius 1 is 0.864 bits per heavy atom. The standard InChI is InChI=1S/C18H26Br2Cl2/c19-13-7-5-3-1-2-4-6-8-17(20)18(22)16-11-9-15(14-21)10-12-16/h9-12,17-18H,1-8,13-14H2. The Labute approximate surface area is 162 Å². The zero-order valence-corrected chi connectivity index (χ0v) is 17.7. The number of halogens is 4. The van der Waals surface area contributed by atoms with Crippen LogP contribution < -0.4 is 0 Å². The van der Waals surface area contributed by atoms with Gasteiger partial charge in [0.1, 0.15) is 0 Å². The molecule has 0 saturated heterocycles. The van der Waals surface area contributed by atoms with E-state index < -0.39 is 0 Å². The summed E-state index contributed by atoms with van der Waals surface area (Å²) in [6.45, 7) is 0. The van der Waals surface area contributed by atoms with E-state index in [0.717, 1.165) is 17.3 Å². The first-order chi connectivity index (χ1) is 10.7. The summed E-state index contributed by atoms with van der Waals surface area (Å²) in [5.74, 6) is 0.556. The van der Waals surface area contributed by atoms with Crippen LogP contribution in [-0.2, 0) is 5.88 Å². The Kier molecular flexibility index (Phi) is 12.4. The zero-order valence-electron chi connectivity index (χ0n) is 13.0. The zero-order chi connectivity index (χ0) is 16.2. The monoisotopic (exact) mass is 470 g/mol. The van der Waals surface area contributed by atoms with Gasteiger partial charge in [0.25, 0.3) is 0 Å². The van der Waals surface area contributed by atoms with Crippen LogP contribution in [-0.4, -0.2) is 10.2 Å². The Balaban J connectivity index is 2.16. The van der Waals surface area contributed by atoms with Crippen LogP contribution in [0.5, 0.6) is 0 Å². The molecule has 0 aromatic heterocycles. The van der Waals surface area contributed by atoms with E-state index in [1.807, 2.05) is 0 Å². The number of rotatable bonds is 12. The summed E-state index contributed by atoms with van der Waals surface area (Å²) in [6, 6.07) is 8.30. The average Bonchev–Trinajstić information content (AvgIpc) is 2.56. The molecule has 0 amide bonds. The molecule has 0 aliphatic carbocycles. The maximum atomic E-state index is 6.57. The minimum Gasteiger partial charge on any atom is -0.122 e. The van der Waals surface area contributed by atoms with Crippen molar-refractivity contribution in [3.8, 4) is 0 Å². The largest absolute Gasteiger partial charge is 0.122 e. The number of hydrogen-bond donors (Lipinski definition) is 0. The summed E-state index contributed by atoms with van der Waals surface area (Å²) in [5, 5.41) is 1.17. The topological polar surface area (TPSA) is 0 Å². The third kappa shape index (κ3) is 8.57. The van der Waals surface area contributed by atoms with Gasteiger partial charge in [0, 0.05) is 16.0 Å². The molecule has 1 rings (SSSR count). The SMILES string of the molecule is ClCc1ccc(C(Cl)C(Br)CCCCCCCCCBr)cc1. The molecule has 0 N–H and O–H groups in total. The Hall–Kier alpha value is 0.760. The van der Waals surface area contributed by atoms with E-state index in [1.54, 1.807) is 0 Å². The van der Waals surface area contributed by atoms with E-state index in [4.69, 9.17) is 23.2 Å². The van der Waals surface area contributed by atoms with Crippen LogP contribution in [0.3, 0.4) is 0 Å². The van der Waals surface area contributed by atoms with E-state index in [9.17, 15) is 0 Å². The van der Waals surface area contributed by atoms with Crippen molar-refractivity contribution in [2.75, 3.05) is 5.33 Å². The first-order valence-electron chi connectivity index (χ1n) is 8.18. The number of alkyl halides is 4. The molecule has 0 radical (unpaired) electrons. The molecule has 4 heteroatoms. The van der Waals surface area contributed by atoms with E-state index in [-0.39, 0.29) is 5.38 Å². The summed E-state index contributed by atoms with van der Waals surface area (Å²) in [5.41, 5.74) is 2.31. The first kappa shape index (κ1) is 20.8. The second kappa shape index (κ2) is 13.1. The van der Waals surface area contributed by atoms with Crippen molar-refractivity contribution in [1.82, 2.24) is 0 Å². The summed E-state index contributed by atoms with van der Waals surface area (Å²) >= 11 is 19.6. The summed E-state index contributed by atoms with van der Waals surface area (Å²) in [7, 11) is 0. The predicted molar refractivity (Wildman–Crippen MR) is 108 cm³/mol. The van der Waals surface area contributed by atoms with Gasteiger partial charge >= 0.3 is 0 Å². The van der Waals surface area contributed by atoms with Crippen molar-refractivity contribution in [1.29, 1.82) is 0 Å². The molecule has 0 fully saturated rings. The maximum absolute atomic E-state index is 6.57.